The summed E-state index contributed by atoms with van der Waals surface area (Å²) < 4.78 is 5.61. The highest BCUT2D eigenvalue weighted by atomic mass is 32.1. The molecule has 2 saturated heterocycles. The predicted octanol–water partition coefficient (Wildman–Crippen LogP) is 0.232. The lowest BCUT2D eigenvalue weighted by atomic mass is 9.97. The zero-order valence-electron chi connectivity index (χ0n) is 11.5. The minimum Gasteiger partial charge on any atom is -0.392 e. The number of ether oxygens (including phenoxy) is 1. The van der Waals surface area contributed by atoms with Gasteiger partial charge in [0.2, 0.25) is 5.91 Å². The third-order valence-electron chi connectivity index (χ3n) is 3.99. The van der Waals surface area contributed by atoms with Crippen molar-refractivity contribution < 1.29 is 9.53 Å². The molecule has 0 saturated carbocycles. The lowest BCUT2D eigenvalue weighted by Crippen LogP contribution is -2.52. The van der Waals surface area contributed by atoms with Crippen molar-refractivity contribution in [3.8, 4) is 0 Å². The molecule has 0 radical (unpaired) electrons. The molecule has 5 nitrogen and oxygen atoms in total. The van der Waals surface area contributed by atoms with E-state index in [9.17, 15) is 4.79 Å². The summed E-state index contributed by atoms with van der Waals surface area (Å²) in [6.07, 6.45) is 1.89. The third kappa shape index (κ3) is 3.64. The minimum atomic E-state index is 0.0622. The number of carbonyl (C=O) groups excluding carboxylic acids is 1. The number of amides is 1. The predicted molar refractivity (Wildman–Crippen MR) is 77.9 cm³/mol. The van der Waals surface area contributed by atoms with E-state index in [2.05, 4.69) is 11.8 Å². The Morgan fingerprint density at radius 3 is 2.63 bits per heavy atom. The van der Waals surface area contributed by atoms with Crippen molar-refractivity contribution in [2.24, 2.45) is 11.7 Å². The van der Waals surface area contributed by atoms with Gasteiger partial charge in [-0.3, -0.25) is 9.69 Å². The summed E-state index contributed by atoms with van der Waals surface area (Å²) in [5.74, 6) is 0.325. The van der Waals surface area contributed by atoms with Gasteiger partial charge in [-0.2, -0.15) is 0 Å². The van der Waals surface area contributed by atoms with Gasteiger partial charge in [0.25, 0.3) is 0 Å². The Balaban J connectivity index is 1.83. The molecular formula is C13H23N3O2S. The van der Waals surface area contributed by atoms with Gasteiger partial charge in [0.1, 0.15) is 0 Å². The van der Waals surface area contributed by atoms with Crippen LogP contribution in [0.1, 0.15) is 19.8 Å². The maximum Gasteiger partial charge on any atom is 0.228 e. The van der Waals surface area contributed by atoms with Gasteiger partial charge in [-0.25, -0.2) is 0 Å². The first-order valence-corrected chi connectivity index (χ1v) is 7.43. The third-order valence-corrected chi connectivity index (χ3v) is 4.12. The number of nitrogens with two attached hydrogens (primary N) is 1. The van der Waals surface area contributed by atoms with Crippen LogP contribution in [0.3, 0.4) is 0 Å². The van der Waals surface area contributed by atoms with E-state index in [1.165, 1.54) is 0 Å². The van der Waals surface area contributed by atoms with Crippen LogP contribution in [0.4, 0.5) is 0 Å². The van der Waals surface area contributed by atoms with Gasteiger partial charge < -0.3 is 15.4 Å². The molecule has 0 aromatic carbocycles. The fraction of sp³-hybridized carbons (Fsp3) is 0.846. The standard InChI is InChI=1S/C13H23N3O2S/c1-2-11-10(3-8-18-11)13(17)16-6-4-15(5-7-16)9-12(14)19/h10-11H,2-9H2,1H3,(H2,14,19). The second-order valence-corrected chi connectivity index (χ2v) is 5.80. The van der Waals surface area contributed by atoms with Crippen molar-refractivity contribution in [2.75, 3.05) is 39.3 Å². The molecule has 19 heavy (non-hydrogen) atoms. The molecule has 0 spiro atoms. The molecule has 0 aliphatic carbocycles. The molecule has 2 rings (SSSR count). The highest BCUT2D eigenvalue weighted by Gasteiger charge is 2.36. The monoisotopic (exact) mass is 285 g/mol. The second kappa shape index (κ2) is 6.63. The van der Waals surface area contributed by atoms with Crippen LogP contribution in [-0.4, -0.2) is 66.1 Å². The molecule has 6 heteroatoms. The van der Waals surface area contributed by atoms with Crippen molar-refractivity contribution in [1.29, 1.82) is 0 Å². The van der Waals surface area contributed by atoms with Crippen molar-refractivity contribution in [2.45, 2.75) is 25.9 Å². The first-order chi connectivity index (χ1) is 9.11. The minimum absolute atomic E-state index is 0.0622. The van der Waals surface area contributed by atoms with Crippen molar-refractivity contribution in [3.63, 3.8) is 0 Å². The number of rotatable bonds is 4. The van der Waals surface area contributed by atoms with E-state index in [1.807, 2.05) is 4.90 Å². The number of hydrogen-bond acceptors (Lipinski definition) is 4. The average Bonchev–Trinajstić information content (AvgIpc) is 2.86. The summed E-state index contributed by atoms with van der Waals surface area (Å²) in [6.45, 7) is 6.71. The molecule has 2 atom stereocenters. The molecule has 0 aromatic rings. The van der Waals surface area contributed by atoms with Crippen molar-refractivity contribution in [3.05, 3.63) is 0 Å². The van der Waals surface area contributed by atoms with E-state index < -0.39 is 0 Å². The molecule has 2 aliphatic heterocycles. The summed E-state index contributed by atoms with van der Waals surface area (Å²) >= 11 is 4.91. The van der Waals surface area contributed by atoms with Gasteiger partial charge in [-0.15, -0.1) is 0 Å². The lowest BCUT2D eigenvalue weighted by Gasteiger charge is -2.36. The number of carbonyl (C=O) groups is 1. The van der Waals surface area contributed by atoms with E-state index in [0.29, 0.717) is 11.5 Å². The maximum absolute atomic E-state index is 12.5. The Bertz CT molecular complexity index is 343. The lowest BCUT2D eigenvalue weighted by molar-refractivity contribution is -0.139. The highest BCUT2D eigenvalue weighted by Crippen LogP contribution is 2.25. The first kappa shape index (κ1) is 14.7. The summed E-state index contributed by atoms with van der Waals surface area (Å²) in [5, 5.41) is 0. The molecule has 1 amide bonds. The smallest absolute Gasteiger partial charge is 0.228 e. The van der Waals surface area contributed by atoms with Crippen LogP contribution < -0.4 is 5.73 Å². The Hall–Kier alpha value is -0.720. The molecule has 2 heterocycles. The van der Waals surface area contributed by atoms with E-state index in [1.54, 1.807) is 0 Å². The number of nitrogens with zero attached hydrogens (tertiary/aromatic N) is 2. The second-order valence-electron chi connectivity index (χ2n) is 5.28. The molecule has 0 bridgehead atoms. The van der Waals surface area contributed by atoms with Crippen LogP contribution >= 0.6 is 12.2 Å². The van der Waals surface area contributed by atoms with Crippen LogP contribution in [0.15, 0.2) is 0 Å². The molecule has 108 valence electrons. The zero-order chi connectivity index (χ0) is 13.8. The Kier molecular flexibility index (Phi) is 5.13. The van der Waals surface area contributed by atoms with Gasteiger partial charge in [0.05, 0.1) is 17.0 Å². The Labute approximate surface area is 120 Å². The summed E-state index contributed by atoms with van der Waals surface area (Å²) in [6, 6.07) is 0. The van der Waals surface area contributed by atoms with E-state index >= 15 is 0 Å². The van der Waals surface area contributed by atoms with Gasteiger partial charge >= 0.3 is 0 Å². The topological polar surface area (TPSA) is 58.8 Å². The van der Waals surface area contributed by atoms with Crippen molar-refractivity contribution in [1.82, 2.24) is 9.80 Å². The maximum atomic E-state index is 12.5. The molecule has 2 fully saturated rings. The van der Waals surface area contributed by atoms with E-state index in [4.69, 9.17) is 22.7 Å². The van der Waals surface area contributed by atoms with Crippen LogP contribution in [0.2, 0.25) is 0 Å². The molecule has 2 aliphatic rings. The first-order valence-electron chi connectivity index (χ1n) is 7.03. The largest absolute Gasteiger partial charge is 0.392 e. The number of hydrogen-bond donors (Lipinski definition) is 1. The van der Waals surface area contributed by atoms with Crippen LogP contribution in [0.25, 0.3) is 0 Å². The van der Waals surface area contributed by atoms with Gasteiger partial charge in [0, 0.05) is 39.3 Å². The molecule has 2 unspecified atom stereocenters. The number of thiocarbonyl (C=S) groups is 1. The van der Waals surface area contributed by atoms with Crippen LogP contribution in [0, 0.1) is 5.92 Å². The van der Waals surface area contributed by atoms with Crippen LogP contribution in [-0.2, 0) is 9.53 Å². The van der Waals surface area contributed by atoms with Crippen molar-refractivity contribution >= 4 is 23.1 Å². The van der Waals surface area contributed by atoms with Gasteiger partial charge in [0.15, 0.2) is 0 Å². The van der Waals surface area contributed by atoms with Gasteiger partial charge in [-0.1, -0.05) is 19.1 Å². The quantitative estimate of drug-likeness (QED) is 0.750. The van der Waals surface area contributed by atoms with E-state index in [0.717, 1.165) is 45.6 Å². The average molecular weight is 285 g/mol. The molecule has 2 N–H and O–H groups in total. The van der Waals surface area contributed by atoms with E-state index in [-0.39, 0.29) is 17.9 Å². The molecular weight excluding hydrogens is 262 g/mol. The van der Waals surface area contributed by atoms with Gasteiger partial charge in [-0.05, 0) is 12.8 Å². The fourth-order valence-electron chi connectivity index (χ4n) is 2.91. The summed E-state index contributed by atoms with van der Waals surface area (Å²) in [4.78, 5) is 17.2. The fourth-order valence-corrected chi connectivity index (χ4v) is 3.10. The zero-order valence-corrected chi connectivity index (χ0v) is 12.3. The van der Waals surface area contributed by atoms with Crippen LogP contribution in [0.5, 0.6) is 0 Å². The highest BCUT2D eigenvalue weighted by molar-refractivity contribution is 7.80. The number of piperazine rings is 1. The SMILES string of the molecule is CCC1OCCC1C(=O)N1CCN(CC(N)=S)CC1. The Morgan fingerprint density at radius 1 is 1.37 bits per heavy atom. The Morgan fingerprint density at radius 2 is 2.05 bits per heavy atom. The summed E-state index contributed by atoms with van der Waals surface area (Å²) in [5.41, 5.74) is 5.55. The normalized spacial score (nSPS) is 28.6. The molecule has 0 aromatic heterocycles. The summed E-state index contributed by atoms with van der Waals surface area (Å²) in [7, 11) is 0.